The molecule has 0 saturated heterocycles. The molecule has 4 heteroatoms. The van der Waals surface area contributed by atoms with Gasteiger partial charge in [0.25, 0.3) is 0 Å². The van der Waals surface area contributed by atoms with Gasteiger partial charge < -0.3 is 10.4 Å². The van der Waals surface area contributed by atoms with Crippen molar-refractivity contribution >= 4 is 5.97 Å². The highest BCUT2D eigenvalue weighted by Crippen LogP contribution is 2.49. The third-order valence-electron chi connectivity index (χ3n) is 5.34. The molecule has 2 bridgehead atoms. The molecule has 2 saturated carbocycles. The Morgan fingerprint density at radius 2 is 2.24 bits per heavy atom. The summed E-state index contributed by atoms with van der Waals surface area (Å²) in [7, 11) is 0. The summed E-state index contributed by atoms with van der Waals surface area (Å²) in [5.41, 5.74) is 0.575. The Morgan fingerprint density at radius 1 is 1.43 bits per heavy atom. The molecule has 2 aliphatic rings. The van der Waals surface area contributed by atoms with Crippen LogP contribution in [-0.2, 0) is 6.54 Å². The first-order chi connectivity index (χ1) is 10.0. The summed E-state index contributed by atoms with van der Waals surface area (Å²) in [6.45, 7) is 2.56. The molecule has 0 spiro atoms. The predicted octanol–water partition coefficient (Wildman–Crippen LogP) is 3.44. The van der Waals surface area contributed by atoms with Crippen LogP contribution in [0.5, 0.6) is 0 Å². The second-order valence-electron chi connectivity index (χ2n) is 6.62. The van der Waals surface area contributed by atoms with Crippen molar-refractivity contribution in [3.8, 4) is 0 Å². The molecule has 2 N–H and O–H groups in total. The Hall–Kier alpha value is -1.42. The van der Waals surface area contributed by atoms with Gasteiger partial charge in [-0.2, -0.15) is 0 Å². The van der Waals surface area contributed by atoms with Gasteiger partial charge in [0, 0.05) is 18.2 Å². The fourth-order valence-corrected chi connectivity index (χ4v) is 4.17. The zero-order valence-corrected chi connectivity index (χ0v) is 12.3. The summed E-state index contributed by atoms with van der Waals surface area (Å²) < 4.78 is 13.8. The highest BCUT2D eigenvalue weighted by molar-refractivity contribution is 5.87. The molecule has 0 heterocycles. The highest BCUT2D eigenvalue weighted by Gasteiger charge is 2.41. The Kier molecular flexibility index (Phi) is 3.98. The highest BCUT2D eigenvalue weighted by atomic mass is 19.1. The van der Waals surface area contributed by atoms with Gasteiger partial charge in [0.2, 0.25) is 0 Å². The number of rotatable bonds is 5. The smallest absolute Gasteiger partial charge is 0.335 e. The first kappa shape index (κ1) is 14.5. The zero-order chi connectivity index (χ0) is 15.0. The molecule has 0 aromatic heterocycles. The molecule has 21 heavy (non-hydrogen) atoms. The van der Waals surface area contributed by atoms with Crippen molar-refractivity contribution in [2.24, 2.45) is 17.8 Å². The Morgan fingerprint density at radius 3 is 2.86 bits per heavy atom. The molecule has 0 amide bonds. The molecule has 3 rings (SSSR count). The van der Waals surface area contributed by atoms with E-state index in [0.717, 1.165) is 11.8 Å². The van der Waals surface area contributed by atoms with Gasteiger partial charge in [-0.15, -0.1) is 0 Å². The van der Waals surface area contributed by atoms with E-state index in [2.05, 4.69) is 12.2 Å². The van der Waals surface area contributed by atoms with Crippen molar-refractivity contribution in [3.05, 3.63) is 35.1 Å². The number of hydrogen-bond donors (Lipinski definition) is 2. The first-order valence-corrected chi connectivity index (χ1v) is 7.79. The number of nitrogens with one attached hydrogen (secondary N) is 1. The van der Waals surface area contributed by atoms with Crippen LogP contribution in [0.3, 0.4) is 0 Å². The SMILES string of the molecule is CC(NCc1cc(C(=O)O)ccc1F)C1CC2CCC1C2. The summed E-state index contributed by atoms with van der Waals surface area (Å²) in [4.78, 5) is 11.0. The third kappa shape index (κ3) is 2.95. The lowest BCUT2D eigenvalue weighted by molar-refractivity contribution is 0.0696. The molecule has 2 aliphatic carbocycles. The number of halogens is 1. The fourth-order valence-electron chi connectivity index (χ4n) is 4.17. The Labute approximate surface area is 124 Å². The summed E-state index contributed by atoms with van der Waals surface area (Å²) in [6.07, 6.45) is 5.36. The predicted molar refractivity (Wildman–Crippen MR) is 78.6 cm³/mol. The van der Waals surface area contributed by atoms with Gasteiger partial charge in [0.05, 0.1) is 5.56 Å². The number of carboxylic acids is 1. The van der Waals surface area contributed by atoms with E-state index < -0.39 is 5.97 Å². The van der Waals surface area contributed by atoms with Crippen LogP contribution >= 0.6 is 0 Å². The molecule has 1 aromatic carbocycles. The number of benzene rings is 1. The number of fused-ring (bicyclic) bond motifs is 2. The van der Waals surface area contributed by atoms with Gasteiger partial charge in [-0.05, 0) is 62.1 Å². The van der Waals surface area contributed by atoms with Crippen LogP contribution in [0.1, 0.15) is 48.5 Å². The van der Waals surface area contributed by atoms with E-state index in [9.17, 15) is 9.18 Å². The van der Waals surface area contributed by atoms with Gasteiger partial charge in [0.1, 0.15) is 5.82 Å². The van der Waals surface area contributed by atoms with Gasteiger partial charge in [-0.1, -0.05) is 6.42 Å². The molecule has 1 aromatic rings. The fraction of sp³-hybridized carbons (Fsp3) is 0.588. The van der Waals surface area contributed by atoms with E-state index in [1.165, 1.54) is 43.9 Å². The second-order valence-corrected chi connectivity index (χ2v) is 6.62. The maximum Gasteiger partial charge on any atom is 0.335 e. The quantitative estimate of drug-likeness (QED) is 0.873. The minimum atomic E-state index is -1.02. The van der Waals surface area contributed by atoms with Gasteiger partial charge in [-0.25, -0.2) is 9.18 Å². The van der Waals surface area contributed by atoms with E-state index in [1.54, 1.807) is 0 Å². The van der Waals surface area contributed by atoms with Crippen molar-refractivity contribution in [1.29, 1.82) is 0 Å². The van der Waals surface area contributed by atoms with Crippen molar-refractivity contribution in [2.45, 2.75) is 45.2 Å². The molecule has 0 aliphatic heterocycles. The van der Waals surface area contributed by atoms with Crippen LogP contribution in [0.4, 0.5) is 4.39 Å². The van der Waals surface area contributed by atoms with Crippen molar-refractivity contribution in [1.82, 2.24) is 5.32 Å². The Balaban J connectivity index is 1.62. The summed E-state index contributed by atoms with van der Waals surface area (Å²) in [6, 6.07) is 4.33. The monoisotopic (exact) mass is 291 g/mol. The van der Waals surface area contributed by atoms with E-state index in [-0.39, 0.29) is 11.4 Å². The molecule has 114 valence electrons. The molecule has 2 fully saturated rings. The van der Waals surface area contributed by atoms with Crippen LogP contribution in [0, 0.1) is 23.6 Å². The molecule has 4 atom stereocenters. The minimum Gasteiger partial charge on any atom is -0.478 e. The maximum absolute atomic E-state index is 13.8. The molecular formula is C17H22FNO2. The topological polar surface area (TPSA) is 49.3 Å². The number of carboxylic acid groups (broad SMARTS) is 1. The Bertz CT molecular complexity index is 546. The lowest BCUT2D eigenvalue weighted by Gasteiger charge is -2.28. The number of aromatic carboxylic acids is 1. The maximum atomic E-state index is 13.8. The largest absolute Gasteiger partial charge is 0.478 e. The van der Waals surface area contributed by atoms with Gasteiger partial charge >= 0.3 is 5.97 Å². The standard InChI is InChI=1S/C17H22FNO2/c1-10(15-7-11-2-3-12(15)6-11)19-9-14-8-13(17(20)21)4-5-16(14)18/h4-5,8,10-12,15,19H,2-3,6-7,9H2,1H3,(H,20,21). The average molecular weight is 291 g/mol. The average Bonchev–Trinajstić information content (AvgIpc) is 3.08. The van der Waals surface area contributed by atoms with Gasteiger partial charge in [0.15, 0.2) is 0 Å². The number of hydrogen-bond acceptors (Lipinski definition) is 2. The lowest BCUT2D eigenvalue weighted by Crippen LogP contribution is -2.36. The van der Waals surface area contributed by atoms with Crippen LogP contribution in [0.15, 0.2) is 18.2 Å². The van der Waals surface area contributed by atoms with Crippen LogP contribution in [0.25, 0.3) is 0 Å². The summed E-state index contributed by atoms with van der Waals surface area (Å²) in [5, 5.41) is 12.4. The van der Waals surface area contributed by atoms with E-state index in [4.69, 9.17) is 5.11 Å². The number of carbonyl (C=O) groups is 1. The molecule has 4 unspecified atom stereocenters. The first-order valence-electron chi connectivity index (χ1n) is 7.79. The van der Waals surface area contributed by atoms with Crippen LogP contribution in [0.2, 0.25) is 0 Å². The van der Waals surface area contributed by atoms with Crippen molar-refractivity contribution < 1.29 is 14.3 Å². The van der Waals surface area contributed by atoms with E-state index in [0.29, 0.717) is 24.1 Å². The van der Waals surface area contributed by atoms with Gasteiger partial charge in [-0.3, -0.25) is 0 Å². The zero-order valence-electron chi connectivity index (χ0n) is 12.3. The molecular weight excluding hydrogens is 269 g/mol. The minimum absolute atomic E-state index is 0.140. The lowest BCUT2D eigenvalue weighted by atomic mass is 9.84. The summed E-state index contributed by atoms with van der Waals surface area (Å²) >= 11 is 0. The van der Waals surface area contributed by atoms with Crippen LogP contribution in [-0.4, -0.2) is 17.1 Å². The molecule has 0 radical (unpaired) electrons. The third-order valence-corrected chi connectivity index (χ3v) is 5.34. The normalized spacial score (nSPS) is 28.8. The van der Waals surface area contributed by atoms with Crippen molar-refractivity contribution in [3.63, 3.8) is 0 Å². The van der Waals surface area contributed by atoms with E-state index >= 15 is 0 Å². The van der Waals surface area contributed by atoms with Crippen LogP contribution < -0.4 is 5.32 Å². The second kappa shape index (κ2) is 5.76. The van der Waals surface area contributed by atoms with E-state index in [1.807, 2.05) is 0 Å². The summed E-state index contributed by atoms with van der Waals surface area (Å²) in [5.74, 6) is 1.06. The molecule has 3 nitrogen and oxygen atoms in total. The van der Waals surface area contributed by atoms with Crippen molar-refractivity contribution in [2.75, 3.05) is 0 Å².